The first-order chi connectivity index (χ1) is 22.2. The summed E-state index contributed by atoms with van der Waals surface area (Å²) in [6.45, 7) is 6.31. The van der Waals surface area contributed by atoms with Crippen molar-refractivity contribution in [3.05, 3.63) is 29.8 Å². The Balaban J connectivity index is 2.21. The Labute approximate surface area is 279 Å². The molecule has 0 fully saturated rings. The fraction of sp³-hybridized carbons (Fsp3) is 0.805. The molecule has 0 aromatic heterocycles. The van der Waals surface area contributed by atoms with Crippen LogP contribution >= 0.6 is 0 Å². The van der Waals surface area contributed by atoms with Crippen molar-refractivity contribution in [2.45, 2.75) is 194 Å². The van der Waals surface area contributed by atoms with Gasteiger partial charge in [0.05, 0.1) is 0 Å². The van der Waals surface area contributed by atoms with Crippen LogP contribution in [-0.2, 0) is 4.79 Å². The molecule has 260 valence electrons. The third kappa shape index (κ3) is 26.0. The highest BCUT2D eigenvalue weighted by Gasteiger charge is 2.14. The van der Waals surface area contributed by atoms with Gasteiger partial charge in [-0.25, -0.2) is 0 Å². The molecule has 0 aliphatic heterocycles. The van der Waals surface area contributed by atoms with E-state index in [2.05, 4.69) is 13.8 Å². The normalized spacial score (nSPS) is 11.2. The summed E-state index contributed by atoms with van der Waals surface area (Å²) >= 11 is 0. The van der Waals surface area contributed by atoms with Crippen molar-refractivity contribution in [2.24, 2.45) is 0 Å². The van der Waals surface area contributed by atoms with Gasteiger partial charge in [-0.2, -0.15) is 0 Å². The van der Waals surface area contributed by atoms with E-state index in [1.54, 1.807) is 24.3 Å². The van der Waals surface area contributed by atoms with Crippen molar-refractivity contribution in [3.63, 3.8) is 0 Å². The van der Waals surface area contributed by atoms with Gasteiger partial charge in [0.1, 0.15) is 12.0 Å². The van der Waals surface area contributed by atoms with Crippen molar-refractivity contribution >= 4 is 12.2 Å². The fourth-order valence-corrected chi connectivity index (χ4v) is 6.23. The molecule has 1 aromatic carbocycles. The zero-order valence-electron chi connectivity index (χ0n) is 30.0. The van der Waals surface area contributed by atoms with Gasteiger partial charge in [-0.1, -0.05) is 181 Å². The molecule has 0 spiro atoms. The van der Waals surface area contributed by atoms with Crippen LogP contribution < -0.4 is 4.74 Å². The Bertz CT molecular complexity index is 745. The predicted molar refractivity (Wildman–Crippen MR) is 195 cm³/mol. The van der Waals surface area contributed by atoms with E-state index in [9.17, 15) is 9.59 Å². The number of rotatable bonds is 34. The topological polar surface area (TPSA) is 46.6 Å². The van der Waals surface area contributed by atoms with E-state index in [0.29, 0.717) is 11.3 Å². The molecule has 0 unspecified atom stereocenters. The standard InChI is InChI=1S/C41H73NO3/c1-3-5-7-9-11-13-15-17-19-21-23-25-27-29-35-42(41(44)38-45-40-33-31-39(37-43)32-34-40)36-30-28-26-24-22-20-18-16-14-12-10-8-6-4-2/h31-34,37H,3-30,35-36,38H2,1-2H3. The molecular formula is C41H73NO3. The van der Waals surface area contributed by atoms with Crippen molar-refractivity contribution in [2.75, 3.05) is 19.7 Å². The lowest BCUT2D eigenvalue weighted by atomic mass is 10.0. The second-order valence-electron chi connectivity index (χ2n) is 13.5. The Morgan fingerprint density at radius 1 is 0.511 bits per heavy atom. The molecule has 4 heteroatoms. The summed E-state index contributed by atoms with van der Waals surface area (Å²) < 4.78 is 5.79. The van der Waals surface area contributed by atoms with Crippen LogP contribution in [0.2, 0.25) is 0 Å². The summed E-state index contributed by atoms with van der Waals surface area (Å²) in [5.74, 6) is 0.723. The Kier molecular flexibility index (Phi) is 29.4. The zero-order chi connectivity index (χ0) is 32.5. The highest BCUT2D eigenvalue weighted by Crippen LogP contribution is 2.16. The van der Waals surface area contributed by atoms with E-state index in [-0.39, 0.29) is 12.5 Å². The van der Waals surface area contributed by atoms with Gasteiger partial charge in [-0.05, 0) is 37.1 Å². The van der Waals surface area contributed by atoms with Gasteiger partial charge in [0, 0.05) is 18.7 Å². The van der Waals surface area contributed by atoms with Gasteiger partial charge >= 0.3 is 0 Å². The molecule has 0 saturated carbocycles. The third-order valence-corrected chi connectivity index (χ3v) is 9.29. The lowest BCUT2D eigenvalue weighted by Gasteiger charge is -2.23. The van der Waals surface area contributed by atoms with Gasteiger partial charge in [0.15, 0.2) is 6.61 Å². The van der Waals surface area contributed by atoms with Crippen LogP contribution in [-0.4, -0.2) is 36.8 Å². The number of carbonyl (C=O) groups excluding carboxylic acids is 2. The molecule has 0 aliphatic rings. The maximum atomic E-state index is 13.1. The molecule has 0 N–H and O–H groups in total. The first-order valence-corrected chi connectivity index (χ1v) is 19.7. The van der Waals surface area contributed by atoms with Crippen LogP contribution in [0.15, 0.2) is 24.3 Å². The molecule has 0 atom stereocenters. The smallest absolute Gasteiger partial charge is 0.260 e. The highest BCUT2D eigenvalue weighted by molar-refractivity contribution is 5.78. The highest BCUT2D eigenvalue weighted by atomic mass is 16.5. The van der Waals surface area contributed by atoms with Crippen molar-refractivity contribution in [3.8, 4) is 5.75 Å². The molecule has 1 aromatic rings. The van der Waals surface area contributed by atoms with Gasteiger partial charge in [-0.3, -0.25) is 9.59 Å². The van der Waals surface area contributed by atoms with Crippen LogP contribution in [0.1, 0.15) is 204 Å². The molecule has 0 bridgehead atoms. The van der Waals surface area contributed by atoms with E-state index in [1.807, 2.05) is 4.90 Å². The van der Waals surface area contributed by atoms with E-state index < -0.39 is 0 Å². The molecule has 0 saturated heterocycles. The molecule has 0 aliphatic carbocycles. The Morgan fingerprint density at radius 2 is 0.822 bits per heavy atom. The summed E-state index contributed by atoms with van der Waals surface area (Å²) in [6, 6.07) is 6.99. The molecule has 1 rings (SSSR count). The summed E-state index contributed by atoms with van der Waals surface area (Å²) in [4.78, 5) is 26.1. The summed E-state index contributed by atoms with van der Waals surface area (Å²) in [5, 5.41) is 0. The summed E-state index contributed by atoms with van der Waals surface area (Å²) in [6.07, 6.45) is 38.5. The minimum absolute atomic E-state index is 0.0671. The number of benzene rings is 1. The third-order valence-electron chi connectivity index (χ3n) is 9.29. The van der Waals surface area contributed by atoms with Crippen LogP contribution in [0.3, 0.4) is 0 Å². The summed E-state index contributed by atoms with van der Waals surface area (Å²) in [7, 11) is 0. The molecule has 0 heterocycles. The molecule has 4 nitrogen and oxygen atoms in total. The van der Waals surface area contributed by atoms with Crippen LogP contribution in [0.25, 0.3) is 0 Å². The van der Waals surface area contributed by atoms with E-state index in [0.717, 1.165) is 32.2 Å². The van der Waals surface area contributed by atoms with Gasteiger partial charge < -0.3 is 9.64 Å². The van der Waals surface area contributed by atoms with Crippen LogP contribution in [0.5, 0.6) is 5.75 Å². The maximum absolute atomic E-state index is 13.1. The predicted octanol–water partition coefficient (Wildman–Crippen LogP) is 12.7. The lowest BCUT2D eigenvalue weighted by Crippen LogP contribution is -2.36. The van der Waals surface area contributed by atoms with Gasteiger partial charge in [0.2, 0.25) is 0 Å². The lowest BCUT2D eigenvalue weighted by molar-refractivity contribution is -0.133. The first kappa shape index (κ1) is 41.2. The molecule has 1 amide bonds. The van der Waals surface area contributed by atoms with Crippen molar-refractivity contribution < 1.29 is 14.3 Å². The van der Waals surface area contributed by atoms with Gasteiger partial charge in [-0.15, -0.1) is 0 Å². The molecule has 45 heavy (non-hydrogen) atoms. The minimum Gasteiger partial charge on any atom is -0.484 e. The van der Waals surface area contributed by atoms with Crippen molar-refractivity contribution in [1.82, 2.24) is 4.90 Å². The maximum Gasteiger partial charge on any atom is 0.260 e. The SMILES string of the molecule is CCCCCCCCCCCCCCCCN(CCCCCCCCCCCCCCCC)C(=O)COc1ccc(C=O)cc1. The van der Waals surface area contributed by atoms with Crippen LogP contribution in [0.4, 0.5) is 0 Å². The number of ether oxygens (including phenoxy) is 1. The molecule has 0 radical (unpaired) electrons. The number of aldehydes is 1. The number of hydrogen-bond acceptors (Lipinski definition) is 3. The first-order valence-electron chi connectivity index (χ1n) is 19.7. The molecular weight excluding hydrogens is 554 g/mol. The number of amides is 1. The van der Waals surface area contributed by atoms with Crippen molar-refractivity contribution in [1.29, 1.82) is 0 Å². The number of hydrogen-bond donors (Lipinski definition) is 0. The second-order valence-corrected chi connectivity index (χ2v) is 13.5. The van der Waals surface area contributed by atoms with Gasteiger partial charge in [0.25, 0.3) is 5.91 Å². The quantitative estimate of drug-likeness (QED) is 0.0564. The largest absolute Gasteiger partial charge is 0.484 e. The van der Waals surface area contributed by atoms with E-state index in [1.165, 1.54) is 167 Å². The number of unbranched alkanes of at least 4 members (excludes halogenated alkanes) is 26. The monoisotopic (exact) mass is 628 g/mol. The zero-order valence-corrected chi connectivity index (χ0v) is 30.0. The van der Waals surface area contributed by atoms with E-state index in [4.69, 9.17) is 4.74 Å². The minimum atomic E-state index is 0.0671. The Morgan fingerprint density at radius 3 is 1.13 bits per heavy atom. The Hall–Kier alpha value is -1.84. The number of carbonyl (C=O) groups is 2. The number of nitrogens with zero attached hydrogens (tertiary/aromatic N) is 1. The fourth-order valence-electron chi connectivity index (χ4n) is 6.23. The van der Waals surface area contributed by atoms with Crippen LogP contribution in [0, 0.1) is 0 Å². The van der Waals surface area contributed by atoms with E-state index >= 15 is 0 Å². The average Bonchev–Trinajstić information content (AvgIpc) is 3.06. The summed E-state index contributed by atoms with van der Waals surface area (Å²) in [5.41, 5.74) is 0.617. The second kappa shape index (κ2) is 32.1. The average molecular weight is 628 g/mol.